The van der Waals surface area contributed by atoms with Gasteiger partial charge < -0.3 is 5.32 Å². The van der Waals surface area contributed by atoms with E-state index in [1.54, 1.807) is 4.68 Å². The van der Waals surface area contributed by atoms with Gasteiger partial charge in [0.05, 0.1) is 5.69 Å². The zero-order valence-corrected chi connectivity index (χ0v) is 11.9. The first kappa shape index (κ1) is 13.5. The van der Waals surface area contributed by atoms with Crippen LogP contribution in [0.1, 0.15) is 25.1 Å². The van der Waals surface area contributed by atoms with Crippen LogP contribution in [-0.4, -0.2) is 26.1 Å². The fourth-order valence-electron chi connectivity index (χ4n) is 2.46. The first-order valence-electron chi connectivity index (χ1n) is 7.05. The Balaban J connectivity index is 1.76. The SMILES string of the molecule is Cc1nnnn1-c1cccc(NC(=O)[C@@H]2CC=CCC2)c1. The van der Waals surface area contributed by atoms with Gasteiger partial charge in [-0.2, -0.15) is 4.68 Å². The van der Waals surface area contributed by atoms with E-state index < -0.39 is 0 Å². The molecular formula is C15H17N5O. The number of allylic oxidation sites excluding steroid dienone is 2. The van der Waals surface area contributed by atoms with Crippen LogP contribution in [-0.2, 0) is 4.79 Å². The van der Waals surface area contributed by atoms with Crippen molar-refractivity contribution in [3.8, 4) is 5.69 Å². The van der Waals surface area contributed by atoms with Gasteiger partial charge in [0.25, 0.3) is 0 Å². The van der Waals surface area contributed by atoms with Crippen LogP contribution in [0, 0.1) is 12.8 Å². The third-order valence-electron chi connectivity index (χ3n) is 3.62. The predicted octanol–water partition coefficient (Wildman–Crippen LogP) is 2.27. The molecule has 1 atom stereocenters. The lowest BCUT2D eigenvalue weighted by Gasteiger charge is -2.17. The van der Waals surface area contributed by atoms with Crippen LogP contribution in [0.25, 0.3) is 5.69 Å². The summed E-state index contributed by atoms with van der Waals surface area (Å²) in [5.74, 6) is 0.842. The second-order valence-electron chi connectivity index (χ2n) is 5.16. The summed E-state index contributed by atoms with van der Waals surface area (Å²) in [5.41, 5.74) is 1.60. The molecule has 2 aromatic rings. The van der Waals surface area contributed by atoms with Crippen LogP contribution in [0.2, 0.25) is 0 Å². The summed E-state index contributed by atoms with van der Waals surface area (Å²) in [5, 5.41) is 14.4. The van der Waals surface area contributed by atoms with E-state index >= 15 is 0 Å². The number of nitrogens with one attached hydrogen (secondary N) is 1. The van der Waals surface area contributed by atoms with E-state index in [1.807, 2.05) is 31.2 Å². The Morgan fingerprint density at radius 2 is 2.29 bits per heavy atom. The Labute approximate surface area is 122 Å². The molecule has 0 fully saturated rings. The molecule has 1 aliphatic carbocycles. The highest BCUT2D eigenvalue weighted by molar-refractivity contribution is 5.93. The second kappa shape index (κ2) is 5.87. The van der Waals surface area contributed by atoms with Gasteiger partial charge in [-0.05, 0) is 54.8 Å². The number of hydrogen-bond acceptors (Lipinski definition) is 4. The Morgan fingerprint density at radius 1 is 1.38 bits per heavy atom. The summed E-state index contributed by atoms with van der Waals surface area (Å²) >= 11 is 0. The molecule has 0 unspecified atom stereocenters. The molecule has 1 aliphatic rings. The molecule has 0 bridgehead atoms. The van der Waals surface area contributed by atoms with E-state index in [-0.39, 0.29) is 11.8 Å². The highest BCUT2D eigenvalue weighted by Crippen LogP contribution is 2.21. The minimum absolute atomic E-state index is 0.0634. The maximum Gasteiger partial charge on any atom is 0.227 e. The predicted molar refractivity (Wildman–Crippen MR) is 79.0 cm³/mol. The summed E-state index contributed by atoms with van der Waals surface area (Å²) in [6.45, 7) is 1.83. The molecule has 0 saturated heterocycles. The molecule has 108 valence electrons. The number of benzene rings is 1. The molecule has 6 nitrogen and oxygen atoms in total. The first-order chi connectivity index (χ1) is 10.2. The van der Waals surface area contributed by atoms with Crippen LogP contribution in [0.15, 0.2) is 36.4 Å². The van der Waals surface area contributed by atoms with Gasteiger partial charge in [-0.15, -0.1) is 5.10 Å². The van der Waals surface area contributed by atoms with E-state index in [1.165, 1.54) is 0 Å². The van der Waals surface area contributed by atoms with Gasteiger partial charge in [-0.1, -0.05) is 18.2 Å². The number of hydrogen-bond donors (Lipinski definition) is 1. The summed E-state index contributed by atoms with van der Waals surface area (Å²) in [7, 11) is 0. The van der Waals surface area contributed by atoms with Crippen molar-refractivity contribution in [1.29, 1.82) is 0 Å². The van der Waals surface area contributed by atoms with Crippen molar-refractivity contribution in [1.82, 2.24) is 20.2 Å². The highest BCUT2D eigenvalue weighted by atomic mass is 16.1. The first-order valence-corrected chi connectivity index (χ1v) is 7.05. The summed E-state index contributed by atoms with van der Waals surface area (Å²) in [6.07, 6.45) is 6.91. The van der Waals surface area contributed by atoms with Gasteiger partial charge in [-0.3, -0.25) is 4.79 Å². The Morgan fingerprint density at radius 3 is 3.00 bits per heavy atom. The lowest BCUT2D eigenvalue weighted by atomic mass is 9.93. The van der Waals surface area contributed by atoms with Crippen molar-refractivity contribution in [2.45, 2.75) is 26.2 Å². The van der Waals surface area contributed by atoms with Gasteiger partial charge in [0, 0.05) is 11.6 Å². The number of nitrogens with zero attached hydrogens (tertiary/aromatic N) is 4. The molecule has 0 aliphatic heterocycles. The van der Waals surface area contributed by atoms with E-state index in [0.717, 1.165) is 30.6 Å². The van der Waals surface area contributed by atoms with E-state index in [0.29, 0.717) is 5.82 Å². The molecule has 21 heavy (non-hydrogen) atoms. The quantitative estimate of drug-likeness (QED) is 0.877. The molecule has 1 heterocycles. The third kappa shape index (κ3) is 2.99. The summed E-state index contributed by atoms with van der Waals surface area (Å²) in [4.78, 5) is 12.2. The minimum Gasteiger partial charge on any atom is -0.326 e. The number of carbonyl (C=O) groups is 1. The standard InChI is InChI=1S/C15H17N5O/c1-11-17-18-19-20(11)14-9-5-8-13(10-14)16-15(21)12-6-3-2-4-7-12/h2-3,5,8-10,12H,4,6-7H2,1H3,(H,16,21)/t12-/m1/s1. The summed E-state index contributed by atoms with van der Waals surface area (Å²) < 4.78 is 1.64. The van der Waals surface area contributed by atoms with Gasteiger partial charge in [0.15, 0.2) is 5.82 Å². The van der Waals surface area contributed by atoms with Crippen molar-refractivity contribution in [3.05, 3.63) is 42.2 Å². The molecule has 0 saturated carbocycles. The molecule has 0 radical (unpaired) electrons. The Kier molecular flexibility index (Phi) is 3.77. The Hall–Kier alpha value is -2.50. The number of aromatic nitrogens is 4. The van der Waals surface area contributed by atoms with Crippen molar-refractivity contribution < 1.29 is 4.79 Å². The highest BCUT2D eigenvalue weighted by Gasteiger charge is 2.18. The monoisotopic (exact) mass is 283 g/mol. The van der Waals surface area contributed by atoms with Crippen molar-refractivity contribution in [2.75, 3.05) is 5.32 Å². The number of carbonyl (C=O) groups excluding carboxylic acids is 1. The largest absolute Gasteiger partial charge is 0.326 e. The molecule has 1 aromatic heterocycles. The average molecular weight is 283 g/mol. The lowest BCUT2D eigenvalue weighted by molar-refractivity contribution is -0.120. The smallest absolute Gasteiger partial charge is 0.227 e. The van der Waals surface area contributed by atoms with Crippen LogP contribution >= 0.6 is 0 Å². The van der Waals surface area contributed by atoms with Crippen LogP contribution in [0.4, 0.5) is 5.69 Å². The summed E-state index contributed by atoms with van der Waals surface area (Å²) in [6, 6.07) is 7.54. The number of rotatable bonds is 3. The number of amides is 1. The zero-order valence-electron chi connectivity index (χ0n) is 11.9. The Bertz CT molecular complexity index is 676. The zero-order chi connectivity index (χ0) is 14.7. The van der Waals surface area contributed by atoms with Gasteiger partial charge in [-0.25, -0.2) is 0 Å². The van der Waals surface area contributed by atoms with Gasteiger partial charge in [0.1, 0.15) is 0 Å². The van der Waals surface area contributed by atoms with Crippen molar-refractivity contribution in [3.63, 3.8) is 0 Å². The van der Waals surface area contributed by atoms with E-state index in [4.69, 9.17) is 0 Å². The topological polar surface area (TPSA) is 72.7 Å². The minimum atomic E-state index is 0.0634. The molecule has 6 heteroatoms. The fourth-order valence-corrected chi connectivity index (χ4v) is 2.46. The lowest BCUT2D eigenvalue weighted by Crippen LogP contribution is -2.23. The number of aryl methyl sites for hydroxylation is 1. The molecule has 0 spiro atoms. The third-order valence-corrected chi connectivity index (χ3v) is 3.62. The van der Waals surface area contributed by atoms with Crippen LogP contribution in [0.3, 0.4) is 0 Å². The van der Waals surface area contributed by atoms with E-state index in [9.17, 15) is 4.79 Å². The fraction of sp³-hybridized carbons (Fsp3) is 0.333. The molecule has 1 aromatic carbocycles. The average Bonchev–Trinajstić information content (AvgIpc) is 2.94. The molecule has 1 amide bonds. The number of anilines is 1. The van der Waals surface area contributed by atoms with Crippen molar-refractivity contribution >= 4 is 11.6 Å². The van der Waals surface area contributed by atoms with E-state index in [2.05, 4.69) is 33.0 Å². The molecule has 1 N–H and O–H groups in total. The van der Waals surface area contributed by atoms with Crippen LogP contribution in [0.5, 0.6) is 0 Å². The van der Waals surface area contributed by atoms with Gasteiger partial charge >= 0.3 is 0 Å². The van der Waals surface area contributed by atoms with Crippen molar-refractivity contribution in [2.24, 2.45) is 5.92 Å². The maximum atomic E-state index is 12.2. The maximum absolute atomic E-state index is 12.2. The molecule has 3 rings (SSSR count). The van der Waals surface area contributed by atoms with Crippen LogP contribution < -0.4 is 5.32 Å². The normalized spacial score (nSPS) is 17.7. The number of tetrazole rings is 1. The molecular weight excluding hydrogens is 266 g/mol. The van der Waals surface area contributed by atoms with Gasteiger partial charge in [0.2, 0.25) is 5.91 Å². The second-order valence-corrected chi connectivity index (χ2v) is 5.16.